The molecule has 2 nitrogen and oxygen atoms in total. The van der Waals surface area contributed by atoms with E-state index in [1.165, 1.54) is 82.2 Å². The number of fused-ring (bicyclic) bond motifs is 7. The van der Waals surface area contributed by atoms with Gasteiger partial charge in [-0.1, -0.05) is 127 Å². The lowest BCUT2D eigenvalue weighted by Gasteiger charge is -2.18. The fourth-order valence-electron chi connectivity index (χ4n) is 7.93. The standard InChI is InChI=1S/C46H30N2/c1-3-14-31(15-4-1)44-35-20-7-9-22-37(35)45(38-23-10-8-21-36(38)44)32-16-13-19-34(30-32)48-42-25-12-11-24-39(42)46-40-28-29-47(33-17-5-2-6-18-33)41(40)26-27-43(46)48/h1-30H. The topological polar surface area (TPSA) is 9.86 Å². The minimum atomic E-state index is 1.15. The van der Waals surface area contributed by atoms with E-state index in [-0.39, 0.29) is 0 Å². The zero-order chi connectivity index (χ0) is 31.6. The van der Waals surface area contributed by atoms with Crippen molar-refractivity contribution in [3.63, 3.8) is 0 Å². The van der Waals surface area contributed by atoms with Crippen molar-refractivity contribution < 1.29 is 0 Å². The van der Waals surface area contributed by atoms with Crippen molar-refractivity contribution in [1.29, 1.82) is 0 Å². The summed E-state index contributed by atoms with van der Waals surface area (Å²) in [5, 5.41) is 8.87. The second-order valence-corrected chi connectivity index (χ2v) is 12.5. The van der Waals surface area contributed by atoms with E-state index >= 15 is 0 Å². The van der Waals surface area contributed by atoms with E-state index in [2.05, 4.69) is 191 Å². The Labute approximate surface area is 278 Å². The first kappa shape index (κ1) is 26.8. The van der Waals surface area contributed by atoms with Gasteiger partial charge in [0.05, 0.1) is 16.6 Å². The third-order valence-corrected chi connectivity index (χ3v) is 9.93. The first-order valence-corrected chi connectivity index (χ1v) is 16.5. The Hall–Kier alpha value is -6.38. The van der Waals surface area contributed by atoms with Gasteiger partial charge in [-0.2, -0.15) is 0 Å². The summed E-state index contributed by atoms with van der Waals surface area (Å²) >= 11 is 0. The van der Waals surface area contributed by atoms with Gasteiger partial charge in [0, 0.05) is 33.7 Å². The van der Waals surface area contributed by atoms with Gasteiger partial charge in [0.1, 0.15) is 0 Å². The Morgan fingerprint density at radius 1 is 0.312 bits per heavy atom. The second-order valence-electron chi connectivity index (χ2n) is 12.5. The van der Waals surface area contributed by atoms with Crippen LogP contribution in [0.2, 0.25) is 0 Å². The molecule has 0 saturated heterocycles. The first-order chi connectivity index (χ1) is 23.8. The number of nitrogens with zero attached hydrogens (tertiary/aromatic N) is 2. The van der Waals surface area contributed by atoms with Crippen molar-refractivity contribution >= 4 is 54.3 Å². The molecule has 10 rings (SSSR count). The molecule has 0 saturated carbocycles. The van der Waals surface area contributed by atoms with Gasteiger partial charge in [-0.25, -0.2) is 0 Å². The van der Waals surface area contributed by atoms with Crippen molar-refractivity contribution in [2.75, 3.05) is 0 Å². The summed E-state index contributed by atoms with van der Waals surface area (Å²) in [6, 6.07) is 63.9. The fraction of sp³-hybridized carbons (Fsp3) is 0. The minimum Gasteiger partial charge on any atom is -0.317 e. The summed E-state index contributed by atoms with van der Waals surface area (Å²) < 4.78 is 4.73. The van der Waals surface area contributed by atoms with E-state index in [0.29, 0.717) is 0 Å². The molecule has 0 radical (unpaired) electrons. The highest BCUT2D eigenvalue weighted by atomic mass is 15.0. The third-order valence-electron chi connectivity index (χ3n) is 9.93. The molecule has 2 aromatic heterocycles. The number of aromatic nitrogens is 2. The van der Waals surface area contributed by atoms with Gasteiger partial charge in [0.25, 0.3) is 0 Å². The Balaban J connectivity index is 1.24. The average Bonchev–Trinajstić information content (AvgIpc) is 3.74. The number of hydrogen-bond acceptors (Lipinski definition) is 0. The third kappa shape index (κ3) is 3.93. The van der Waals surface area contributed by atoms with Crippen LogP contribution in [-0.2, 0) is 0 Å². The van der Waals surface area contributed by atoms with Crippen LogP contribution in [-0.4, -0.2) is 9.13 Å². The van der Waals surface area contributed by atoms with E-state index in [0.717, 1.165) is 5.69 Å². The van der Waals surface area contributed by atoms with Gasteiger partial charge >= 0.3 is 0 Å². The summed E-state index contributed by atoms with van der Waals surface area (Å²) in [4.78, 5) is 0. The van der Waals surface area contributed by atoms with Gasteiger partial charge in [-0.05, 0) is 92.3 Å². The summed E-state index contributed by atoms with van der Waals surface area (Å²) in [5.41, 5.74) is 11.0. The SMILES string of the molecule is c1ccc(-c2c3ccccc3c(-c3cccc(-n4c5ccccc5c5c6ccn(-c7ccccc7)c6ccc54)c3)c3ccccc23)cc1. The van der Waals surface area contributed by atoms with Gasteiger partial charge in [-0.3, -0.25) is 0 Å². The molecule has 0 N–H and O–H groups in total. The lowest BCUT2D eigenvalue weighted by molar-refractivity contribution is 1.13. The molecule has 0 spiro atoms. The molecular weight excluding hydrogens is 581 g/mol. The van der Waals surface area contributed by atoms with Crippen LogP contribution in [0.15, 0.2) is 182 Å². The summed E-state index contributed by atoms with van der Waals surface area (Å²) in [6.07, 6.45) is 2.20. The molecule has 8 aromatic carbocycles. The maximum absolute atomic E-state index is 2.44. The zero-order valence-electron chi connectivity index (χ0n) is 26.2. The molecule has 0 amide bonds. The maximum atomic E-state index is 2.44. The maximum Gasteiger partial charge on any atom is 0.0548 e. The lowest BCUT2D eigenvalue weighted by Crippen LogP contribution is -1.96. The molecule has 0 aliphatic heterocycles. The van der Waals surface area contributed by atoms with Gasteiger partial charge in [0.15, 0.2) is 0 Å². The van der Waals surface area contributed by atoms with Crippen molar-refractivity contribution in [3.05, 3.63) is 182 Å². The fourth-order valence-corrected chi connectivity index (χ4v) is 7.93. The highest BCUT2D eigenvalue weighted by Gasteiger charge is 2.19. The molecule has 2 heterocycles. The molecule has 0 aliphatic rings. The van der Waals surface area contributed by atoms with E-state index in [1.54, 1.807) is 0 Å². The molecular formula is C46H30N2. The van der Waals surface area contributed by atoms with Crippen LogP contribution in [0.5, 0.6) is 0 Å². The second kappa shape index (κ2) is 10.6. The molecule has 48 heavy (non-hydrogen) atoms. The number of para-hydroxylation sites is 2. The minimum absolute atomic E-state index is 1.15. The summed E-state index contributed by atoms with van der Waals surface area (Å²) in [5.74, 6) is 0. The van der Waals surface area contributed by atoms with E-state index in [4.69, 9.17) is 0 Å². The Kier molecular flexibility index (Phi) is 5.91. The van der Waals surface area contributed by atoms with Gasteiger partial charge < -0.3 is 9.13 Å². The predicted molar refractivity (Wildman–Crippen MR) is 203 cm³/mol. The van der Waals surface area contributed by atoms with Crippen LogP contribution in [0.3, 0.4) is 0 Å². The molecule has 0 atom stereocenters. The highest BCUT2D eigenvalue weighted by Crippen LogP contribution is 2.44. The van der Waals surface area contributed by atoms with Crippen molar-refractivity contribution in [2.24, 2.45) is 0 Å². The van der Waals surface area contributed by atoms with Crippen LogP contribution in [0.4, 0.5) is 0 Å². The zero-order valence-corrected chi connectivity index (χ0v) is 26.2. The monoisotopic (exact) mass is 610 g/mol. The van der Waals surface area contributed by atoms with Crippen molar-refractivity contribution in [1.82, 2.24) is 9.13 Å². The number of rotatable bonds is 4. The largest absolute Gasteiger partial charge is 0.317 e. The summed E-state index contributed by atoms with van der Waals surface area (Å²) in [6.45, 7) is 0. The van der Waals surface area contributed by atoms with Crippen LogP contribution in [0.25, 0.3) is 87.9 Å². The van der Waals surface area contributed by atoms with Crippen LogP contribution >= 0.6 is 0 Å². The highest BCUT2D eigenvalue weighted by molar-refractivity contribution is 6.23. The quantitative estimate of drug-likeness (QED) is 0.175. The average molecular weight is 611 g/mol. The predicted octanol–water partition coefficient (Wildman–Crippen LogP) is 12.4. The van der Waals surface area contributed by atoms with Gasteiger partial charge in [-0.15, -0.1) is 0 Å². The Bertz CT molecular complexity index is 2760. The molecule has 10 aromatic rings. The normalized spacial score (nSPS) is 11.8. The molecule has 0 fully saturated rings. The van der Waals surface area contributed by atoms with E-state index in [9.17, 15) is 0 Å². The molecule has 0 aliphatic carbocycles. The first-order valence-electron chi connectivity index (χ1n) is 16.5. The van der Waals surface area contributed by atoms with Crippen LogP contribution < -0.4 is 0 Å². The number of benzene rings is 8. The van der Waals surface area contributed by atoms with Crippen LogP contribution in [0, 0.1) is 0 Å². The van der Waals surface area contributed by atoms with Crippen molar-refractivity contribution in [3.8, 4) is 33.6 Å². The molecule has 224 valence electrons. The molecule has 0 unspecified atom stereocenters. The van der Waals surface area contributed by atoms with Crippen LogP contribution in [0.1, 0.15) is 0 Å². The van der Waals surface area contributed by atoms with E-state index in [1.807, 2.05) is 0 Å². The Morgan fingerprint density at radius 2 is 0.812 bits per heavy atom. The smallest absolute Gasteiger partial charge is 0.0548 e. The van der Waals surface area contributed by atoms with E-state index < -0.39 is 0 Å². The van der Waals surface area contributed by atoms with Gasteiger partial charge in [0.2, 0.25) is 0 Å². The van der Waals surface area contributed by atoms with Crippen molar-refractivity contribution in [2.45, 2.75) is 0 Å². The Morgan fingerprint density at radius 3 is 1.50 bits per heavy atom. The number of hydrogen-bond donors (Lipinski definition) is 0. The molecule has 2 heteroatoms. The lowest BCUT2D eigenvalue weighted by atomic mass is 9.86. The molecule has 0 bridgehead atoms. The summed E-state index contributed by atoms with van der Waals surface area (Å²) in [7, 11) is 0.